The average molecular weight is 422 g/mol. The van der Waals surface area contributed by atoms with Gasteiger partial charge in [-0.05, 0) is 40.8 Å². The van der Waals surface area contributed by atoms with Crippen LogP contribution in [0.3, 0.4) is 0 Å². The van der Waals surface area contributed by atoms with Crippen molar-refractivity contribution >= 4 is 29.3 Å². The number of benzene rings is 2. The van der Waals surface area contributed by atoms with Crippen molar-refractivity contribution in [3.63, 3.8) is 0 Å². The molecule has 3 aromatic rings. The van der Waals surface area contributed by atoms with Crippen LogP contribution in [0.2, 0.25) is 0 Å². The topological polar surface area (TPSA) is 64.6 Å². The minimum Gasteiger partial charge on any atom is -0.489 e. The van der Waals surface area contributed by atoms with Crippen molar-refractivity contribution in [3.8, 4) is 5.75 Å². The van der Waals surface area contributed by atoms with Crippen LogP contribution >= 0.6 is 11.3 Å². The summed E-state index contributed by atoms with van der Waals surface area (Å²) in [4.78, 5) is 24.9. The van der Waals surface area contributed by atoms with Crippen LogP contribution in [0.1, 0.15) is 28.5 Å². The van der Waals surface area contributed by atoms with Crippen LogP contribution < -0.4 is 10.1 Å². The SMILES string of the molecule is COC(=O)CC(NC(=O)/C=C/c1ccc(OCc2ccccc2)cc1)c1cccs1. The number of ether oxygens (including phenoxy) is 2. The number of carbonyl (C=O) groups excluding carboxylic acids is 2. The van der Waals surface area contributed by atoms with Crippen molar-refractivity contribution in [1.82, 2.24) is 5.32 Å². The first-order valence-electron chi connectivity index (χ1n) is 9.49. The van der Waals surface area contributed by atoms with Gasteiger partial charge in [0.1, 0.15) is 12.4 Å². The Hall–Kier alpha value is -3.38. The quantitative estimate of drug-likeness (QED) is 0.400. The van der Waals surface area contributed by atoms with Crippen molar-refractivity contribution in [2.75, 3.05) is 7.11 Å². The van der Waals surface area contributed by atoms with E-state index in [1.165, 1.54) is 24.5 Å². The first-order chi connectivity index (χ1) is 14.6. The molecule has 154 valence electrons. The predicted octanol–water partition coefficient (Wildman–Crippen LogP) is 4.76. The molecule has 0 aliphatic carbocycles. The van der Waals surface area contributed by atoms with Crippen LogP contribution in [0, 0.1) is 0 Å². The number of hydrogen-bond acceptors (Lipinski definition) is 5. The number of nitrogens with one attached hydrogen (secondary N) is 1. The third-order valence-corrected chi connectivity index (χ3v) is 5.34. The highest BCUT2D eigenvalue weighted by atomic mass is 32.1. The van der Waals surface area contributed by atoms with E-state index < -0.39 is 6.04 Å². The smallest absolute Gasteiger partial charge is 0.307 e. The molecule has 1 amide bonds. The zero-order valence-corrected chi connectivity index (χ0v) is 17.4. The van der Waals surface area contributed by atoms with E-state index in [1.54, 1.807) is 6.08 Å². The maximum atomic E-state index is 12.3. The lowest BCUT2D eigenvalue weighted by Crippen LogP contribution is -2.28. The molecule has 1 N–H and O–H groups in total. The number of esters is 1. The largest absolute Gasteiger partial charge is 0.489 e. The van der Waals surface area contributed by atoms with Crippen LogP contribution in [0.25, 0.3) is 6.08 Å². The van der Waals surface area contributed by atoms with Crippen LogP contribution in [0.15, 0.2) is 78.2 Å². The number of carbonyl (C=O) groups is 2. The Morgan fingerprint density at radius 3 is 2.47 bits per heavy atom. The molecule has 1 heterocycles. The molecule has 30 heavy (non-hydrogen) atoms. The van der Waals surface area contributed by atoms with Gasteiger partial charge in [-0.2, -0.15) is 0 Å². The molecule has 0 fully saturated rings. The van der Waals surface area contributed by atoms with Gasteiger partial charge in [0.05, 0.1) is 19.6 Å². The van der Waals surface area contributed by atoms with Gasteiger partial charge < -0.3 is 14.8 Å². The zero-order valence-electron chi connectivity index (χ0n) is 16.6. The second kappa shape index (κ2) is 11.0. The number of amides is 1. The summed E-state index contributed by atoms with van der Waals surface area (Å²) in [5.41, 5.74) is 1.98. The molecule has 1 unspecified atom stereocenters. The van der Waals surface area contributed by atoms with E-state index >= 15 is 0 Å². The second-order valence-corrected chi connectivity index (χ2v) is 7.51. The fourth-order valence-corrected chi connectivity index (χ4v) is 3.55. The third-order valence-electron chi connectivity index (χ3n) is 4.36. The molecule has 3 rings (SSSR count). The van der Waals surface area contributed by atoms with Crippen molar-refractivity contribution in [3.05, 3.63) is 94.2 Å². The van der Waals surface area contributed by atoms with Crippen molar-refractivity contribution in [2.45, 2.75) is 19.1 Å². The number of methoxy groups -OCH3 is 1. The Morgan fingerprint density at radius 2 is 1.80 bits per heavy atom. The molecule has 6 heteroatoms. The maximum absolute atomic E-state index is 12.3. The van der Waals surface area contributed by atoms with E-state index in [-0.39, 0.29) is 18.3 Å². The van der Waals surface area contributed by atoms with Crippen LogP contribution in [0.5, 0.6) is 5.75 Å². The molecule has 1 aromatic heterocycles. The summed E-state index contributed by atoms with van der Waals surface area (Å²) in [6, 6.07) is 20.8. The van der Waals surface area contributed by atoms with Crippen LogP contribution in [-0.4, -0.2) is 19.0 Å². The molecule has 0 aliphatic heterocycles. The summed E-state index contributed by atoms with van der Waals surface area (Å²) < 4.78 is 10.5. The Bertz CT molecular complexity index is 966. The van der Waals surface area contributed by atoms with E-state index in [2.05, 4.69) is 5.32 Å². The van der Waals surface area contributed by atoms with Gasteiger partial charge in [0, 0.05) is 11.0 Å². The molecule has 0 aliphatic rings. The lowest BCUT2D eigenvalue weighted by atomic mass is 10.1. The highest BCUT2D eigenvalue weighted by Crippen LogP contribution is 2.22. The first-order valence-corrected chi connectivity index (χ1v) is 10.4. The zero-order chi connectivity index (χ0) is 21.2. The molecule has 0 saturated carbocycles. The van der Waals surface area contributed by atoms with Crippen molar-refractivity contribution < 1.29 is 19.1 Å². The summed E-state index contributed by atoms with van der Waals surface area (Å²) in [6.07, 6.45) is 3.27. The van der Waals surface area contributed by atoms with E-state index in [4.69, 9.17) is 9.47 Å². The summed E-state index contributed by atoms with van der Waals surface area (Å²) in [6.45, 7) is 0.503. The molecular weight excluding hydrogens is 398 g/mol. The second-order valence-electron chi connectivity index (χ2n) is 6.53. The van der Waals surface area contributed by atoms with Gasteiger partial charge in [-0.15, -0.1) is 11.3 Å². The van der Waals surface area contributed by atoms with Gasteiger partial charge in [0.15, 0.2) is 0 Å². The van der Waals surface area contributed by atoms with Gasteiger partial charge in [0.25, 0.3) is 0 Å². The van der Waals surface area contributed by atoms with Gasteiger partial charge in [-0.25, -0.2) is 0 Å². The Labute approximate surface area is 180 Å². The van der Waals surface area contributed by atoms with Gasteiger partial charge in [-0.3, -0.25) is 9.59 Å². The number of hydrogen-bond donors (Lipinski definition) is 1. The van der Waals surface area contributed by atoms with Crippen molar-refractivity contribution in [1.29, 1.82) is 0 Å². The third kappa shape index (κ3) is 6.60. The van der Waals surface area contributed by atoms with E-state index in [0.717, 1.165) is 21.8 Å². The Morgan fingerprint density at radius 1 is 1.03 bits per heavy atom. The van der Waals surface area contributed by atoms with Gasteiger partial charge in [-0.1, -0.05) is 48.5 Å². The minimum absolute atomic E-state index is 0.0873. The minimum atomic E-state index is -0.414. The van der Waals surface area contributed by atoms with E-state index in [1.807, 2.05) is 72.1 Å². The predicted molar refractivity (Wildman–Crippen MR) is 118 cm³/mol. The average Bonchev–Trinajstić information content (AvgIpc) is 3.32. The fourth-order valence-electron chi connectivity index (χ4n) is 2.77. The lowest BCUT2D eigenvalue weighted by Gasteiger charge is -2.15. The first kappa shape index (κ1) is 21.3. The summed E-state index contributed by atoms with van der Waals surface area (Å²) in [7, 11) is 1.34. The maximum Gasteiger partial charge on any atom is 0.307 e. The molecule has 0 bridgehead atoms. The molecular formula is C24H23NO4S. The molecule has 0 spiro atoms. The highest BCUT2D eigenvalue weighted by Gasteiger charge is 2.18. The van der Waals surface area contributed by atoms with Gasteiger partial charge in [0.2, 0.25) is 5.91 Å². The summed E-state index contributed by atoms with van der Waals surface area (Å²) in [5, 5.41) is 4.77. The lowest BCUT2D eigenvalue weighted by molar-refractivity contribution is -0.141. The number of thiophene rings is 1. The van der Waals surface area contributed by atoms with Crippen molar-refractivity contribution in [2.24, 2.45) is 0 Å². The Balaban J connectivity index is 1.55. The van der Waals surface area contributed by atoms with Gasteiger partial charge >= 0.3 is 5.97 Å². The normalized spacial score (nSPS) is 11.8. The summed E-state index contributed by atoms with van der Waals surface area (Å²) >= 11 is 1.48. The number of rotatable bonds is 9. The fraction of sp³-hybridized carbons (Fsp3) is 0.167. The molecule has 2 aromatic carbocycles. The highest BCUT2D eigenvalue weighted by molar-refractivity contribution is 7.10. The van der Waals surface area contributed by atoms with E-state index in [0.29, 0.717) is 6.61 Å². The molecule has 5 nitrogen and oxygen atoms in total. The monoisotopic (exact) mass is 421 g/mol. The van der Waals surface area contributed by atoms with Crippen LogP contribution in [0.4, 0.5) is 0 Å². The van der Waals surface area contributed by atoms with E-state index in [9.17, 15) is 9.59 Å². The molecule has 0 radical (unpaired) electrons. The van der Waals surface area contributed by atoms with Crippen LogP contribution in [-0.2, 0) is 20.9 Å². The summed E-state index contributed by atoms with van der Waals surface area (Å²) in [5.74, 6) is 0.113. The standard InChI is InChI=1S/C24H23NO4S/c1-28-24(27)16-21(22-8-5-15-30-22)25-23(26)14-11-18-9-12-20(13-10-18)29-17-19-6-3-2-4-7-19/h2-15,21H,16-17H2,1H3,(H,25,26)/b14-11+. The molecule has 0 saturated heterocycles. The molecule has 1 atom stereocenters. The Kier molecular flexibility index (Phi) is 7.80.